The molecule has 1 amide bonds. The summed E-state index contributed by atoms with van der Waals surface area (Å²) in [6.07, 6.45) is 4.80. The van der Waals surface area contributed by atoms with Crippen LogP contribution in [0.2, 0.25) is 0 Å². The lowest BCUT2D eigenvalue weighted by atomic mass is 10.1. The van der Waals surface area contributed by atoms with Crippen molar-refractivity contribution in [2.24, 2.45) is 0 Å². The third kappa shape index (κ3) is 6.50. The number of amides is 1. The molecule has 1 unspecified atom stereocenters. The van der Waals surface area contributed by atoms with Gasteiger partial charge >= 0.3 is 0 Å². The molecule has 0 radical (unpaired) electrons. The molecule has 15 heavy (non-hydrogen) atoms. The average molecular weight is 214 g/mol. The monoisotopic (exact) mass is 214 g/mol. The Labute approximate surface area is 94.0 Å². The maximum absolute atomic E-state index is 11.7. The molecule has 2 N–H and O–H groups in total. The van der Waals surface area contributed by atoms with E-state index in [9.17, 15) is 4.79 Å². The maximum Gasteiger partial charge on any atom is 0.221 e. The Morgan fingerprint density at radius 3 is 2.13 bits per heavy atom. The van der Waals surface area contributed by atoms with Gasteiger partial charge in [-0.15, -0.1) is 0 Å². The highest BCUT2D eigenvalue weighted by atomic mass is 16.1. The predicted molar refractivity (Wildman–Crippen MR) is 64.9 cm³/mol. The van der Waals surface area contributed by atoms with E-state index in [4.69, 9.17) is 0 Å². The van der Waals surface area contributed by atoms with Gasteiger partial charge in [0.05, 0.1) is 0 Å². The van der Waals surface area contributed by atoms with E-state index in [2.05, 4.69) is 31.4 Å². The second-order valence-corrected chi connectivity index (χ2v) is 4.06. The zero-order chi connectivity index (χ0) is 11.7. The Hall–Kier alpha value is -0.570. The topological polar surface area (TPSA) is 41.1 Å². The van der Waals surface area contributed by atoms with Crippen LogP contribution in [0.3, 0.4) is 0 Å². The average Bonchev–Trinajstić information content (AvgIpc) is 2.25. The Balaban J connectivity index is 3.88. The van der Waals surface area contributed by atoms with Crippen LogP contribution in [0.4, 0.5) is 0 Å². The van der Waals surface area contributed by atoms with Crippen molar-refractivity contribution >= 4 is 5.91 Å². The van der Waals surface area contributed by atoms with E-state index in [1.54, 1.807) is 0 Å². The second-order valence-electron chi connectivity index (χ2n) is 4.06. The summed E-state index contributed by atoms with van der Waals surface area (Å²) in [4.78, 5) is 11.7. The van der Waals surface area contributed by atoms with Crippen molar-refractivity contribution in [2.75, 3.05) is 7.05 Å². The van der Waals surface area contributed by atoms with Crippen molar-refractivity contribution in [3.8, 4) is 0 Å². The first-order chi connectivity index (χ1) is 7.17. The highest BCUT2D eigenvalue weighted by Gasteiger charge is 2.13. The number of hydrogen-bond acceptors (Lipinski definition) is 2. The molecule has 0 rings (SSSR count). The first kappa shape index (κ1) is 14.4. The Morgan fingerprint density at radius 2 is 1.73 bits per heavy atom. The van der Waals surface area contributed by atoms with E-state index >= 15 is 0 Å². The molecule has 0 aliphatic rings. The number of nitrogens with one attached hydrogen (secondary N) is 2. The molecule has 0 aliphatic carbocycles. The van der Waals surface area contributed by atoms with E-state index in [1.807, 2.05) is 7.05 Å². The summed E-state index contributed by atoms with van der Waals surface area (Å²) < 4.78 is 0. The SMILES string of the molecule is CCCC(CC(=O)NC(CC)CC)NC. The van der Waals surface area contributed by atoms with Gasteiger partial charge in [-0.25, -0.2) is 0 Å². The van der Waals surface area contributed by atoms with Crippen LogP contribution in [0.1, 0.15) is 52.9 Å². The Kier molecular flexibility index (Phi) is 8.38. The van der Waals surface area contributed by atoms with Crippen molar-refractivity contribution in [3.63, 3.8) is 0 Å². The molecule has 3 nitrogen and oxygen atoms in total. The standard InChI is InChI=1S/C12H26N2O/c1-5-8-11(13-4)9-12(15)14-10(6-2)7-3/h10-11,13H,5-9H2,1-4H3,(H,14,15). The van der Waals surface area contributed by atoms with E-state index < -0.39 is 0 Å². The number of carbonyl (C=O) groups is 1. The van der Waals surface area contributed by atoms with Crippen LogP contribution in [0.25, 0.3) is 0 Å². The largest absolute Gasteiger partial charge is 0.353 e. The Bertz CT molecular complexity index is 167. The van der Waals surface area contributed by atoms with E-state index in [0.717, 1.165) is 25.7 Å². The molecule has 0 aromatic carbocycles. The summed E-state index contributed by atoms with van der Waals surface area (Å²) >= 11 is 0. The molecule has 0 aromatic rings. The van der Waals surface area contributed by atoms with Crippen LogP contribution in [-0.2, 0) is 4.79 Å². The van der Waals surface area contributed by atoms with Gasteiger partial charge in [0.2, 0.25) is 5.91 Å². The lowest BCUT2D eigenvalue weighted by molar-refractivity contribution is -0.122. The summed E-state index contributed by atoms with van der Waals surface area (Å²) in [5, 5.41) is 6.24. The first-order valence-corrected chi connectivity index (χ1v) is 6.14. The molecule has 90 valence electrons. The van der Waals surface area contributed by atoms with Crippen LogP contribution in [0.15, 0.2) is 0 Å². The molecule has 0 bridgehead atoms. The molecular formula is C12H26N2O. The highest BCUT2D eigenvalue weighted by Crippen LogP contribution is 2.03. The van der Waals surface area contributed by atoms with Crippen molar-refractivity contribution in [2.45, 2.75) is 65.0 Å². The second kappa shape index (κ2) is 8.72. The minimum Gasteiger partial charge on any atom is -0.353 e. The van der Waals surface area contributed by atoms with Crippen LogP contribution in [-0.4, -0.2) is 25.0 Å². The minimum atomic E-state index is 0.177. The smallest absolute Gasteiger partial charge is 0.221 e. The molecule has 0 aliphatic heterocycles. The third-order valence-electron chi connectivity index (χ3n) is 2.83. The summed E-state index contributed by atoms with van der Waals surface area (Å²) in [7, 11) is 1.92. The molecule has 0 aromatic heterocycles. The zero-order valence-corrected chi connectivity index (χ0v) is 10.6. The molecule has 1 atom stereocenters. The van der Waals surface area contributed by atoms with Gasteiger partial charge in [-0.1, -0.05) is 27.2 Å². The molecule has 0 spiro atoms. The molecule has 0 fully saturated rings. The lowest BCUT2D eigenvalue weighted by Gasteiger charge is -2.18. The van der Waals surface area contributed by atoms with Gasteiger partial charge in [-0.05, 0) is 26.3 Å². The molecule has 0 saturated heterocycles. The van der Waals surface area contributed by atoms with Gasteiger partial charge in [-0.3, -0.25) is 4.79 Å². The first-order valence-electron chi connectivity index (χ1n) is 6.14. The van der Waals surface area contributed by atoms with Crippen molar-refractivity contribution in [1.82, 2.24) is 10.6 Å². The maximum atomic E-state index is 11.7. The zero-order valence-electron chi connectivity index (χ0n) is 10.6. The summed E-state index contributed by atoms with van der Waals surface area (Å²) in [6, 6.07) is 0.668. The van der Waals surface area contributed by atoms with Crippen molar-refractivity contribution < 1.29 is 4.79 Å². The highest BCUT2D eigenvalue weighted by molar-refractivity contribution is 5.76. The van der Waals surface area contributed by atoms with Gasteiger partial charge in [0.25, 0.3) is 0 Å². The lowest BCUT2D eigenvalue weighted by Crippen LogP contribution is -2.38. The van der Waals surface area contributed by atoms with Crippen LogP contribution in [0, 0.1) is 0 Å². The fourth-order valence-corrected chi connectivity index (χ4v) is 1.70. The van der Waals surface area contributed by atoms with Gasteiger partial charge in [0, 0.05) is 18.5 Å². The molecule has 0 saturated carbocycles. The van der Waals surface area contributed by atoms with Gasteiger partial charge in [0.1, 0.15) is 0 Å². The van der Waals surface area contributed by atoms with Gasteiger partial charge in [-0.2, -0.15) is 0 Å². The van der Waals surface area contributed by atoms with Crippen LogP contribution < -0.4 is 10.6 Å². The van der Waals surface area contributed by atoms with Crippen LogP contribution in [0.5, 0.6) is 0 Å². The Morgan fingerprint density at radius 1 is 1.13 bits per heavy atom. The normalized spacial score (nSPS) is 12.9. The van der Waals surface area contributed by atoms with Crippen LogP contribution >= 0.6 is 0 Å². The third-order valence-corrected chi connectivity index (χ3v) is 2.83. The number of rotatable bonds is 8. The van der Waals surface area contributed by atoms with Gasteiger partial charge < -0.3 is 10.6 Å². The predicted octanol–water partition coefficient (Wildman–Crippen LogP) is 2.07. The molecule has 3 heteroatoms. The number of hydrogen-bond donors (Lipinski definition) is 2. The van der Waals surface area contributed by atoms with Crippen molar-refractivity contribution in [3.05, 3.63) is 0 Å². The van der Waals surface area contributed by atoms with Gasteiger partial charge in [0.15, 0.2) is 0 Å². The number of carbonyl (C=O) groups excluding carboxylic acids is 1. The minimum absolute atomic E-state index is 0.177. The van der Waals surface area contributed by atoms with E-state index in [1.165, 1.54) is 0 Å². The molecular weight excluding hydrogens is 188 g/mol. The molecule has 0 heterocycles. The summed E-state index contributed by atoms with van der Waals surface area (Å²) in [5.41, 5.74) is 0. The quantitative estimate of drug-likeness (QED) is 0.649. The van der Waals surface area contributed by atoms with Crippen molar-refractivity contribution in [1.29, 1.82) is 0 Å². The van der Waals surface area contributed by atoms with E-state index in [0.29, 0.717) is 18.5 Å². The fourth-order valence-electron chi connectivity index (χ4n) is 1.70. The fraction of sp³-hybridized carbons (Fsp3) is 0.917. The van der Waals surface area contributed by atoms with E-state index in [-0.39, 0.29) is 5.91 Å². The summed E-state index contributed by atoms with van der Waals surface area (Å²) in [6.45, 7) is 6.36. The summed E-state index contributed by atoms with van der Waals surface area (Å²) in [5.74, 6) is 0.177.